The molecule has 1 aliphatic heterocycles. The Bertz CT molecular complexity index is 1200. The van der Waals surface area contributed by atoms with Gasteiger partial charge >= 0.3 is 27.6 Å². The van der Waals surface area contributed by atoms with Crippen molar-refractivity contribution in [2.24, 2.45) is 5.92 Å². The molecule has 1 saturated heterocycles. The Labute approximate surface area is 329 Å². The molecular formula is C39H70O14P2. The normalized spacial score (nSPS) is 18.3. The van der Waals surface area contributed by atoms with E-state index in [1.165, 1.54) is 38.5 Å². The van der Waals surface area contributed by atoms with Crippen LogP contribution in [0.15, 0.2) is 36.5 Å². The summed E-state index contributed by atoms with van der Waals surface area (Å²) in [5, 5.41) is 9.72. The number of rotatable bonds is 36. The molecule has 3 unspecified atom stereocenters. The van der Waals surface area contributed by atoms with Gasteiger partial charge in [-0.2, -0.15) is 0 Å². The highest BCUT2D eigenvalue weighted by Crippen LogP contribution is 2.44. The van der Waals surface area contributed by atoms with Crippen LogP contribution in [-0.4, -0.2) is 82.6 Å². The minimum absolute atomic E-state index is 0.0818. The fourth-order valence-corrected chi connectivity index (χ4v) is 6.60. The summed E-state index contributed by atoms with van der Waals surface area (Å²) >= 11 is 0. The molecule has 0 spiro atoms. The van der Waals surface area contributed by atoms with Crippen molar-refractivity contribution in [3.05, 3.63) is 36.5 Å². The molecular weight excluding hydrogens is 754 g/mol. The lowest BCUT2D eigenvalue weighted by Crippen LogP contribution is -2.30. The summed E-state index contributed by atoms with van der Waals surface area (Å²) in [5.41, 5.74) is 0. The molecule has 0 saturated carbocycles. The molecule has 0 amide bonds. The Balaban J connectivity index is 2.43. The van der Waals surface area contributed by atoms with E-state index in [1.807, 2.05) is 0 Å². The number of hydrogen-bond donors (Lipinski definition) is 4. The first-order chi connectivity index (χ1) is 26.2. The third-order valence-electron chi connectivity index (χ3n) is 8.62. The van der Waals surface area contributed by atoms with Crippen LogP contribution in [0.4, 0.5) is 0 Å². The number of aliphatic hydroxyl groups is 1. The number of allylic oxidation sites excluding steroid dienone is 5. The smallest absolute Gasteiger partial charge is 0.462 e. The zero-order valence-electron chi connectivity index (χ0n) is 33.4. The van der Waals surface area contributed by atoms with E-state index in [9.17, 15) is 28.7 Å². The Morgan fingerprint density at radius 2 is 1.29 bits per heavy atom. The van der Waals surface area contributed by atoms with Crippen molar-refractivity contribution in [1.29, 1.82) is 0 Å². The third-order valence-corrected chi connectivity index (χ3v) is 10.1. The summed E-state index contributed by atoms with van der Waals surface area (Å²) in [7, 11) is -9.69. The quantitative estimate of drug-likeness (QED) is 0.0154. The SMILES string of the molecule is CCCCC/C=C\C/C=C\C/C=C\CC1OC1CCCC(=O)OC[C@H](COP(=O)(O)OC[C@@H](O)COP(=O)(O)O)OC(=O)CCCCCCCCCC(C)C. The molecule has 1 rings (SSSR count). The Morgan fingerprint density at radius 3 is 1.96 bits per heavy atom. The van der Waals surface area contributed by atoms with Gasteiger partial charge in [0.25, 0.3) is 0 Å². The van der Waals surface area contributed by atoms with Gasteiger partial charge in [0.15, 0.2) is 6.10 Å². The monoisotopic (exact) mass is 824 g/mol. The summed E-state index contributed by atoms with van der Waals surface area (Å²) in [5.74, 6) is -0.404. The Morgan fingerprint density at radius 1 is 0.691 bits per heavy atom. The molecule has 14 nitrogen and oxygen atoms in total. The molecule has 0 aromatic carbocycles. The first kappa shape index (κ1) is 51.3. The number of ether oxygens (including phenoxy) is 3. The largest absolute Gasteiger partial charge is 0.472 e. The Kier molecular flexibility index (Phi) is 29.2. The van der Waals surface area contributed by atoms with Gasteiger partial charge in [0.05, 0.1) is 32.0 Å². The van der Waals surface area contributed by atoms with E-state index in [-0.39, 0.29) is 25.0 Å². The molecule has 320 valence electrons. The fourth-order valence-electron chi connectivity index (χ4n) is 5.44. The zero-order chi connectivity index (χ0) is 40.8. The number of carbonyl (C=O) groups excluding carboxylic acids is 2. The van der Waals surface area contributed by atoms with Crippen LogP contribution < -0.4 is 0 Å². The molecule has 0 aliphatic carbocycles. The number of hydrogen-bond acceptors (Lipinski definition) is 11. The van der Waals surface area contributed by atoms with Crippen LogP contribution in [0.5, 0.6) is 0 Å². The van der Waals surface area contributed by atoms with Crippen LogP contribution in [0.25, 0.3) is 0 Å². The highest BCUT2D eigenvalue weighted by atomic mass is 31.2. The fraction of sp³-hybridized carbons (Fsp3) is 0.795. The van der Waals surface area contributed by atoms with Crippen molar-refractivity contribution in [2.45, 2.75) is 167 Å². The van der Waals surface area contributed by atoms with Crippen molar-refractivity contribution in [2.75, 3.05) is 26.4 Å². The number of epoxide rings is 1. The topological polar surface area (TPSA) is 208 Å². The van der Waals surface area contributed by atoms with Crippen LogP contribution in [0.2, 0.25) is 0 Å². The van der Waals surface area contributed by atoms with Crippen LogP contribution >= 0.6 is 15.6 Å². The number of phosphoric acid groups is 2. The Hall–Kier alpha value is -1.70. The van der Waals surface area contributed by atoms with E-state index < -0.39 is 66.2 Å². The molecule has 1 aliphatic rings. The van der Waals surface area contributed by atoms with Gasteiger partial charge in [-0.25, -0.2) is 9.13 Å². The van der Waals surface area contributed by atoms with E-state index in [0.717, 1.165) is 51.4 Å². The van der Waals surface area contributed by atoms with Crippen LogP contribution in [0.3, 0.4) is 0 Å². The number of aliphatic hydroxyl groups excluding tert-OH is 1. The number of esters is 2. The first-order valence-corrected chi connectivity index (χ1v) is 23.2. The van der Waals surface area contributed by atoms with Gasteiger partial charge in [-0.05, 0) is 57.3 Å². The molecule has 1 heterocycles. The van der Waals surface area contributed by atoms with E-state index in [0.29, 0.717) is 25.2 Å². The molecule has 0 radical (unpaired) electrons. The standard InChI is InChI=1S/C39H70O14P2/c1-4-5-6-7-8-9-10-11-12-15-18-21-25-36-37(53-36)26-23-28-38(41)48-31-35(32-51-55(46,47)50-30-34(40)29-49-54(43,44)45)52-39(42)27-22-19-16-13-14-17-20-24-33(2)3/h8-9,11-12,18,21,33-37,40H,4-7,10,13-17,19-20,22-32H2,1-3H3,(H,46,47)(H2,43,44,45)/b9-8-,12-11-,21-18-/t34-,35+,36?,37?/m0/s1. The second kappa shape index (κ2) is 31.3. The van der Waals surface area contributed by atoms with E-state index in [4.69, 9.17) is 28.5 Å². The summed E-state index contributed by atoms with van der Waals surface area (Å²) in [6.45, 7) is 3.86. The highest BCUT2D eigenvalue weighted by molar-refractivity contribution is 7.47. The lowest BCUT2D eigenvalue weighted by Gasteiger charge is -2.20. The van der Waals surface area contributed by atoms with Crippen LogP contribution in [0.1, 0.15) is 143 Å². The van der Waals surface area contributed by atoms with E-state index in [2.05, 4.69) is 66.3 Å². The predicted octanol–water partition coefficient (Wildman–Crippen LogP) is 8.57. The van der Waals surface area contributed by atoms with Gasteiger partial charge in [0.1, 0.15) is 12.7 Å². The summed E-state index contributed by atoms with van der Waals surface area (Å²) in [6.07, 6.45) is 27.7. The maximum atomic E-state index is 12.6. The summed E-state index contributed by atoms with van der Waals surface area (Å²) < 4.78 is 53.3. The molecule has 0 aromatic heterocycles. The number of phosphoric ester groups is 2. The van der Waals surface area contributed by atoms with Crippen LogP contribution in [0, 0.1) is 5.92 Å². The number of unbranched alkanes of at least 4 members (excludes halogenated alkanes) is 9. The molecule has 4 N–H and O–H groups in total. The summed E-state index contributed by atoms with van der Waals surface area (Å²) in [4.78, 5) is 52.6. The molecule has 16 heteroatoms. The van der Waals surface area contributed by atoms with Crippen molar-refractivity contribution in [1.82, 2.24) is 0 Å². The van der Waals surface area contributed by atoms with Gasteiger partial charge in [0, 0.05) is 12.8 Å². The second-order valence-corrected chi connectivity index (χ2v) is 17.1. The number of carbonyl (C=O) groups is 2. The highest BCUT2D eigenvalue weighted by Gasteiger charge is 2.36. The van der Waals surface area contributed by atoms with Gasteiger partial charge in [-0.3, -0.25) is 23.2 Å². The predicted molar refractivity (Wildman–Crippen MR) is 211 cm³/mol. The second-order valence-electron chi connectivity index (χ2n) is 14.4. The minimum atomic E-state index is -4.87. The first-order valence-electron chi connectivity index (χ1n) is 20.2. The van der Waals surface area contributed by atoms with Crippen molar-refractivity contribution < 1.29 is 66.3 Å². The van der Waals surface area contributed by atoms with E-state index in [1.54, 1.807) is 0 Å². The summed E-state index contributed by atoms with van der Waals surface area (Å²) in [6, 6.07) is 0. The van der Waals surface area contributed by atoms with E-state index >= 15 is 0 Å². The molecule has 1 fully saturated rings. The van der Waals surface area contributed by atoms with Crippen molar-refractivity contribution in [3.8, 4) is 0 Å². The van der Waals surface area contributed by atoms with Gasteiger partial charge in [-0.15, -0.1) is 0 Å². The molecule has 55 heavy (non-hydrogen) atoms. The van der Waals surface area contributed by atoms with Gasteiger partial charge < -0.3 is 34.0 Å². The van der Waals surface area contributed by atoms with Crippen LogP contribution in [-0.2, 0) is 46.5 Å². The molecule has 0 bridgehead atoms. The minimum Gasteiger partial charge on any atom is -0.462 e. The third kappa shape index (κ3) is 33.0. The molecule has 5 atom stereocenters. The van der Waals surface area contributed by atoms with Gasteiger partial charge in [-0.1, -0.05) is 115 Å². The van der Waals surface area contributed by atoms with Crippen molar-refractivity contribution in [3.63, 3.8) is 0 Å². The van der Waals surface area contributed by atoms with Crippen molar-refractivity contribution >= 4 is 27.6 Å². The average Bonchev–Trinajstić information content (AvgIpc) is 3.88. The lowest BCUT2D eigenvalue weighted by atomic mass is 10.0. The van der Waals surface area contributed by atoms with Gasteiger partial charge in [0.2, 0.25) is 0 Å². The molecule has 0 aromatic rings. The maximum absolute atomic E-state index is 12.6. The average molecular weight is 825 g/mol. The maximum Gasteiger partial charge on any atom is 0.472 e. The lowest BCUT2D eigenvalue weighted by molar-refractivity contribution is -0.161. The zero-order valence-corrected chi connectivity index (χ0v) is 35.2.